The van der Waals surface area contributed by atoms with Crippen LogP contribution in [0.4, 0.5) is 4.79 Å². The molecule has 7 nitrogen and oxygen atoms in total. The lowest BCUT2D eigenvalue weighted by Crippen LogP contribution is -2.24. The third-order valence-corrected chi connectivity index (χ3v) is 3.79. The molecular formula is C15H18N6O. The van der Waals surface area contributed by atoms with Gasteiger partial charge in [-0.05, 0) is 37.3 Å². The van der Waals surface area contributed by atoms with Crippen molar-refractivity contribution in [2.45, 2.75) is 25.7 Å². The first-order chi connectivity index (χ1) is 10.6. The number of amides is 2. The number of nitrogens with one attached hydrogen (secondary N) is 1. The van der Waals surface area contributed by atoms with Crippen LogP contribution < -0.4 is 11.2 Å². The fraction of sp³-hybridized carbons (Fsp3) is 0.333. The molecule has 2 aromatic heterocycles. The van der Waals surface area contributed by atoms with Gasteiger partial charge in [-0.15, -0.1) is 0 Å². The van der Waals surface area contributed by atoms with Crippen molar-refractivity contribution in [3.05, 3.63) is 35.4 Å². The largest absolute Gasteiger partial charge is 0.350 e. The third kappa shape index (κ3) is 2.83. The second-order valence-electron chi connectivity index (χ2n) is 5.35. The highest BCUT2D eigenvalue weighted by Crippen LogP contribution is 2.26. The number of aromatic nitrogens is 3. The van der Waals surface area contributed by atoms with E-state index in [1.54, 1.807) is 18.7 Å². The van der Waals surface area contributed by atoms with Crippen LogP contribution in [0, 0.1) is 0 Å². The molecule has 0 radical (unpaired) electrons. The second kappa shape index (κ2) is 5.97. The summed E-state index contributed by atoms with van der Waals surface area (Å²) >= 11 is 0. The molecule has 0 aromatic carbocycles. The van der Waals surface area contributed by atoms with Gasteiger partial charge in [0, 0.05) is 18.3 Å². The average molecular weight is 298 g/mol. The first-order valence-corrected chi connectivity index (χ1v) is 7.23. The zero-order chi connectivity index (χ0) is 15.5. The number of carbonyl (C=O) groups excluding carboxylic acids is 1. The summed E-state index contributed by atoms with van der Waals surface area (Å²) in [5.41, 5.74) is 12.4. The Kier molecular flexibility index (Phi) is 3.86. The van der Waals surface area contributed by atoms with Crippen LogP contribution in [0.5, 0.6) is 0 Å². The van der Waals surface area contributed by atoms with Gasteiger partial charge in [-0.1, -0.05) is 0 Å². The van der Waals surface area contributed by atoms with Crippen LogP contribution in [-0.2, 0) is 19.9 Å². The average Bonchev–Trinajstić information content (AvgIpc) is 2.93. The molecule has 1 aliphatic carbocycles. The highest BCUT2D eigenvalue weighted by molar-refractivity contribution is 5.85. The Balaban J connectivity index is 2.04. The molecule has 2 aromatic rings. The molecule has 0 unspecified atom stereocenters. The summed E-state index contributed by atoms with van der Waals surface area (Å²) in [5.74, 6) is 0. The Bertz CT molecular complexity index is 734. The van der Waals surface area contributed by atoms with E-state index in [4.69, 9.17) is 10.7 Å². The molecule has 22 heavy (non-hydrogen) atoms. The molecule has 7 heteroatoms. The van der Waals surface area contributed by atoms with E-state index in [-0.39, 0.29) is 0 Å². The van der Waals surface area contributed by atoms with Crippen molar-refractivity contribution in [1.82, 2.24) is 20.0 Å². The van der Waals surface area contributed by atoms with Crippen molar-refractivity contribution in [3.63, 3.8) is 0 Å². The second-order valence-corrected chi connectivity index (χ2v) is 5.35. The summed E-state index contributed by atoms with van der Waals surface area (Å²) in [6, 6.07) is 1.30. The maximum Gasteiger partial charge on any atom is 0.332 e. The Morgan fingerprint density at radius 2 is 2.27 bits per heavy atom. The van der Waals surface area contributed by atoms with Crippen LogP contribution in [0.3, 0.4) is 0 Å². The van der Waals surface area contributed by atoms with Crippen LogP contribution >= 0.6 is 0 Å². The molecule has 2 amide bonds. The van der Waals surface area contributed by atoms with E-state index >= 15 is 0 Å². The Hall–Kier alpha value is -2.70. The van der Waals surface area contributed by atoms with Crippen molar-refractivity contribution in [2.75, 3.05) is 0 Å². The Labute approximate surface area is 128 Å². The zero-order valence-corrected chi connectivity index (χ0v) is 12.4. The van der Waals surface area contributed by atoms with Crippen LogP contribution in [0.15, 0.2) is 23.7 Å². The van der Waals surface area contributed by atoms with Gasteiger partial charge in [-0.3, -0.25) is 4.98 Å². The number of hydrogen-bond donors (Lipinski definition) is 2. The predicted molar refractivity (Wildman–Crippen MR) is 83.4 cm³/mol. The topological polar surface area (TPSA) is 98.2 Å². The molecule has 114 valence electrons. The van der Waals surface area contributed by atoms with Crippen LogP contribution in [0.2, 0.25) is 0 Å². The van der Waals surface area contributed by atoms with E-state index in [0.29, 0.717) is 0 Å². The van der Waals surface area contributed by atoms with Gasteiger partial charge in [0.1, 0.15) is 0 Å². The summed E-state index contributed by atoms with van der Waals surface area (Å²) in [6.07, 6.45) is 9.40. The number of rotatable bonds is 3. The van der Waals surface area contributed by atoms with Crippen LogP contribution in [-0.4, -0.2) is 26.8 Å². The monoisotopic (exact) mass is 298 g/mol. The third-order valence-electron chi connectivity index (χ3n) is 3.79. The van der Waals surface area contributed by atoms with Crippen molar-refractivity contribution >= 4 is 12.2 Å². The number of nitrogens with two attached hydrogens (primary N) is 1. The fourth-order valence-corrected chi connectivity index (χ4v) is 2.75. The SMILES string of the molecule is Cn1cncc1-c1cc(/C=N/NC(N)=O)c2c(n1)CCCC2. The van der Waals surface area contributed by atoms with Gasteiger partial charge in [-0.25, -0.2) is 15.2 Å². The number of carbonyl (C=O) groups is 1. The lowest BCUT2D eigenvalue weighted by atomic mass is 9.92. The Morgan fingerprint density at radius 3 is 3.00 bits per heavy atom. The molecule has 3 rings (SSSR count). The van der Waals surface area contributed by atoms with Gasteiger partial charge < -0.3 is 10.3 Å². The minimum absolute atomic E-state index is 0.675. The molecule has 0 aliphatic heterocycles. The van der Waals surface area contributed by atoms with Crippen molar-refractivity contribution in [1.29, 1.82) is 0 Å². The number of aryl methyl sites for hydroxylation is 2. The number of imidazole rings is 1. The van der Waals surface area contributed by atoms with Crippen LogP contribution in [0.1, 0.15) is 29.7 Å². The smallest absolute Gasteiger partial charge is 0.332 e. The van der Waals surface area contributed by atoms with Crippen molar-refractivity contribution in [3.8, 4) is 11.4 Å². The summed E-state index contributed by atoms with van der Waals surface area (Å²) in [6.45, 7) is 0. The zero-order valence-electron chi connectivity index (χ0n) is 12.4. The molecule has 0 saturated carbocycles. The predicted octanol–water partition coefficient (Wildman–Crippen LogP) is 1.36. The maximum absolute atomic E-state index is 10.8. The van der Waals surface area contributed by atoms with Crippen molar-refractivity contribution in [2.24, 2.45) is 17.9 Å². The van der Waals surface area contributed by atoms with Gasteiger partial charge in [0.05, 0.1) is 30.1 Å². The number of hydrazone groups is 1. The number of urea groups is 1. The lowest BCUT2D eigenvalue weighted by molar-refractivity contribution is 0.249. The quantitative estimate of drug-likeness (QED) is 0.661. The van der Waals surface area contributed by atoms with Gasteiger partial charge in [0.15, 0.2) is 0 Å². The molecule has 2 heterocycles. The van der Waals surface area contributed by atoms with Crippen molar-refractivity contribution < 1.29 is 4.79 Å². The first kappa shape index (κ1) is 14.2. The number of primary amides is 1. The first-order valence-electron chi connectivity index (χ1n) is 7.23. The summed E-state index contributed by atoms with van der Waals surface area (Å²) in [5, 5.41) is 3.89. The number of nitrogens with zero attached hydrogens (tertiary/aromatic N) is 4. The standard InChI is InChI=1S/C15H18N6O/c1-21-9-17-8-14(21)13-6-10(7-18-20-15(16)22)11-4-2-3-5-12(11)19-13/h6-9H,2-5H2,1H3,(H3,16,20,22)/b18-7+. The normalized spacial score (nSPS) is 14.0. The highest BCUT2D eigenvalue weighted by Gasteiger charge is 2.17. The summed E-state index contributed by atoms with van der Waals surface area (Å²) in [4.78, 5) is 19.7. The number of fused-ring (bicyclic) bond motifs is 1. The number of pyridine rings is 1. The minimum atomic E-state index is -0.675. The summed E-state index contributed by atoms with van der Waals surface area (Å²) in [7, 11) is 1.94. The molecule has 0 bridgehead atoms. The summed E-state index contributed by atoms with van der Waals surface area (Å²) < 4.78 is 1.93. The van der Waals surface area contributed by atoms with Gasteiger partial charge in [0.25, 0.3) is 0 Å². The van der Waals surface area contributed by atoms with E-state index in [0.717, 1.165) is 48.3 Å². The fourth-order valence-electron chi connectivity index (χ4n) is 2.75. The van der Waals surface area contributed by atoms with E-state index in [1.807, 2.05) is 17.7 Å². The van der Waals surface area contributed by atoms with E-state index in [1.165, 1.54) is 5.56 Å². The number of hydrogen-bond acceptors (Lipinski definition) is 4. The molecular weight excluding hydrogens is 280 g/mol. The molecule has 1 aliphatic rings. The molecule has 0 fully saturated rings. The van der Waals surface area contributed by atoms with Gasteiger partial charge in [0.2, 0.25) is 0 Å². The van der Waals surface area contributed by atoms with E-state index < -0.39 is 6.03 Å². The van der Waals surface area contributed by atoms with Gasteiger partial charge >= 0.3 is 6.03 Å². The van der Waals surface area contributed by atoms with Crippen LogP contribution in [0.25, 0.3) is 11.4 Å². The maximum atomic E-state index is 10.8. The van der Waals surface area contributed by atoms with E-state index in [2.05, 4.69) is 15.5 Å². The molecule has 0 saturated heterocycles. The minimum Gasteiger partial charge on any atom is -0.350 e. The molecule has 0 spiro atoms. The van der Waals surface area contributed by atoms with E-state index in [9.17, 15) is 4.79 Å². The molecule has 0 atom stereocenters. The highest BCUT2D eigenvalue weighted by atomic mass is 16.2. The Morgan fingerprint density at radius 1 is 1.45 bits per heavy atom. The lowest BCUT2D eigenvalue weighted by Gasteiger charge is -2.18. The molecule has 3 N–H and O–H groups in total. The van der Waals surface area contributed by atoms with Gasteiger partial charge in [-0.2, -0.15) is 5.10 Å².